The van der Waals surface area contributed by atoms with Crippen LogP contribution in [0.25, 0.3) is 33.1 Å². The number of H-pyrrole nitrogens is 1. The van der Waals surface area contributed by atoms with Crippen molar-refractivity contribution in [2.75, 3.05) is 5.48 Å². The number of anilines is 1. The molecule has 2 aromatic heterocycles. The lowest BCUT2D eigenvalue weighted by Crippen LogP contribution is -1.94. The number of hydrogen-bond acceptors (Lipinski definition) is 4. The third-order valence-electron chi connectivity index (χ3n) is 3.78. The molecule has 4 N–H and O–H groups in total. The first-order chi connectivity index (χ1) is 10.8. The van der Waals surface area contributed by atoms with Crippen LogP contribution >= 0.6 is 0 Å². The number of para-hydroxylation sites is 2. The van der Waals surface area contributed by atoms with Gasteiger partial charge in [0.25, 0.3) is 0 Å². The topological polar surface area (TPSA) is 81.2 Å². The van der Waals surface area contributed by atoms with Crippen LogP contribution in [-0.2, 0) is 0 Å². The van der Waals surface area contributed by atoms with Gasteiger partial charge in [-0.25, -0.2) is 4.98 Å². The molecule has 0 fully saturated rings. The van der Waals surface area contributed by atoms with Gasteiger partial charge in [-0.1, -0.05) is 36.4 Å². The van der Waals surface area contributed by atoms with Gasteiger partial charge >= 0.3 is 0 Å². The summed E-state index contributed by atoms with van der Waals surface area (Å²) in [5.74, 6) is 0.0628. The Bertz CT molecular complexity index is 992. The van der Waals surface area contributed by atoms with Gasteiger partial charge in [0.1, 0.15) is 0 Å². The summed E-state index contributed by atoms with van der Waals surface area (Å²) in [5.41, 5.74) is 5.54. The van der Waals surface area contributed by atoms with Crippen molar-refractivity contribution in [1.29, 1.82) is 0 Å². The number of rotatable bonds is 2. The summed E-state index contributed by atoms with van der Waals surface area (Å²) in [4.78, 5) is 7.55. The largest absolute Gasteiger partial charge is 0.494 e. The Morgan fingerprint density at radius 2 is 1.68 bits per heavy atom. The normalized spacial score (nSPS) is 11.1. The lowest BCUT2D eigenvalue weighted by molar-refractivity contribution is 0.390. The first-order valence-corrected chi connectivity index (χ1v) is 6.88. The van der Waals surface area contributed by atoms with Gasteiger partial charge in [-0.2, -0.15) is 0 Å². The minimum absolute atomic E-state index is 0.0628. The van der Waals surface area contributed by atoms with E-state index in [0.29, 0.717) is 16.9 Å². The summed E-state index contributed by atoms with van der Waals surface area (Å²) >= 11 is 0. The Labute approximate surface area is 125 Å². The highest BCUT2D eigenvalue weighted by Gasteiger charge is 2.15. The number of benzene rings is 2. The molecule has 0 unspecified atom stereocenters. The molecule has 2 aromatic carbocycles. The summed E-state index contributed by atoms with van der Waals surface area (Å²) in [6.07, 6.45) is 0. The predicted octanol–water partition coefficient (Wildman–Crippen LogP) is 3.89. The van der Waals surface area contributed by atoms with Gasteiger partial charge in [-0.05, 0) is 18.2 Å². The van der Waals surface area contributed by atoms with Gasteiger partial charge in [-0.3, -0.25) is 10.7 Å². The first kappa shape index (κ1) is 12.7. The highest BCUT2D eigenvalue weighted by Crippen LogP contribution is 2.37. The SMILES string of the molecule is ONc1cc(-c2c(O)[nH]c3ccccc23)nc2ccccc12. The zero-order valence-corrected chi connectivity index (χ0v) is 11.5. The molecule has 5 nitrogen and oxygen atoms in total. The number of fused-ring (bicyclic) bond motifs is 2. The van der Waals surface area contributed by atoms with Crippen molar-refractivity contribution in [3.05, 3.63) is 54.6 Å². The van der Waals surface area contributed by atoms with Crippen molar-refractivity contribution in [2.24, 2.45) is 0 Å². The highest BCUT2D eigenvalue weighted by atomic mass is 16.5. The molecule has 0 atom stereocenters. The molecule has 0 aliphatic rings. The van der Waals surface area contributed by atoms with E-state index in [1.165, 1.54) is 0 Å². The fourth-order valence-corrected chi connectivity index (χ4v) is 2.78. The minimum Gasteiger partial charge on any atom is -0.494 e. The third kappa shape index (κ3) is 1.80. The van der Waals surface area contributed by atoms with Crippen molar-refractivity contribution in [3.8, 4) is 17.1 Å². The van der Waals surface area contributed by atoms with Crippen LogP contribution in [0, 0.1) is 0 Å². The number of aromatic hydroxyl groups is 1. The molecule has 0 radical (unpaired) electrons. The molecule has 22 heavy (non-hydrogen) atoms. The van der Waals surface area contributed by atoms with Crippen LogP contribution in [0.3, 0.4) is 0 Å². The smallest absolute Gasteiger partial charge is 0.199 e. The molecule has 0 bridgehead atoms. The second kappa shape index (κ2) is 4.75. The lowest BCUT2D eigenvalue weighted by atomic mass is 10.1. The van der Waals surface area contributed by atoms with Crippen LogP contribution in [0.4, 0.5) is 5.69 Å². The summed E-state index contributed by atoms with van der Waals surface area (Å²) in [6, 6.07) is 16.8. The summed E-state index contributed by atoms with van der Waals surface area (Å²) in [5, 5.41) is 21.3. The molecular weight excluding hydrogens is 278 g/mol. The van der Waals surface area contributed by atoms with Crippen molar-refractivity contribution in [3.63, 3.8) is 0 Å². The molecule has 108 valence electrons. The quantitative estimate of drug-likeness (QED) is 0.422. The average molecular weight is 291 g/mol. The van der Waals surface area contributed by atoms with E-state index < -0.39 is 0 Å². The third-order valence-corrected chi connectivity index (χ3v) is 3.78. The van der Waals surface area contributed by atoms with Crippen molar-refractivity contribution < 1.29 is 10.3 Å². The molecule has 5 heteroatoms. The van der Waals surface area contributed by atoms with Gasteiger partial charge in [0, 0.05) is 16.3 Å². The highest BCUT2D eigenvalue weighted by molar-refractivity contribution is 6.01. The van der Waals surface area contributed by atoms with Gasteiger partial charge < -0.3 is 10.1 Å². The monoisotopic (exact) mass is 291 g/mol. The van der Waals surface area contributed by atoms with Gasteiger partial charge in [-0.15, -0.1) is 0 Å². The molecule has 0 aliphatic heterocycles. The van der Waals surface area contributed by atoms with Crippen LogP contribution in [-0.4, -0.2) is 20.3 Å². The predicted molar refractivity (Wildman–Crippen MR) is 86.1 cm³/mol. The fraction of sp³-hybridized carbons (Fsp3) is 0. The Kier molecular flexibility index (Phi) is 2.74. The minimum atomic E-state index is 0.0628. The molecule has 4 aromatic rings. The molecule has 0 amide bonds. The summed E-state index contributed by atoms with van der Waals surface area (Å²) < 4.78 is 0. The molecular formula is C17H13N3O2. The van der Waals surface area contributed by atoms with Crippen molar-refractivity contribution in [1.82, 2.24) is 9.97 Å². The zero-order valence-electron chi connectivity index (χ0n) is 11.5. The number of nitrogens with one attached hydrogen (secondary N) is 2. The Morgan fingerprint density at radius 3 is 2.50 bits per heavy atom. The van der Waals surface area contributed by atoms with E-state index in [0.717, 1.165) is 21.8 Å². The van der Waals surface area contributed by atoms with E-state index in [9.17, 15) is 10.3 Å². The molecule has 0 saturated heterocycles. The second-order valence-corrected chi connectivity index (χ2v) is 5.08. The van der Waals surface area contributed by atoms with Gasteiger partial charge in [0.2, 0.25) is 0 Å². The maximum atomic E-state index is 10.2. The van der Waals surface area contributed by atoms with Gasteiger partial charge in [0.05, 0.1) is 22.5 Å². The van der Waals surface area contributed by atoms with Gasteiger partial charge in [0.15, 0.2) is 5.88 Å². The van der Waals surface area contributed by atoms with E-state index in [-0.39, 0.29) is 5.88 Å². The molecule has 0 aliphatic carbocycles. The van der Waals surface area contributed by atoms with Crippen LogP contribution in [0.5, 0.6) is 5.88 Å². The van der Waals surface area contributed by atoms with Crippen molar-refractivity contribution >= 4 is 27.5 Å². The lowest BCUT2D eigenvalue weighted by Gasteiger charge is -2.08. The van der Waals surface area contributed by atoms with E-state index in [4.69, 9.17) is 0 Å². The number of aromatic nitrogens is 2. The number of hydrogen-bond donors (Lipinski definition) is 4. The van der Waals surface area contributed by atoms with Crippen molar-refractivity contribution in [2.45, 2.75) is 0 Å². The Hall–Kier alpha value is -3.05. The maximum absolute atomic E-state index is 10.2. The summed E-state index contributed by atoms with van der Waals surface area (Å²) in [7, 11) is 0. The van der Waals surface area contributed by atoms with Crippen LogP contribution in [0.15, 0.2) is 54.6 Å². The standard InChI is InChI=1S/C17H13N3O2/c21-17-16(11-6-2-4-8-13(11)19-17)15-9-14(20-22)10-5-1-3-7-12(10)18-15/h1-9,19,21-22H,(H,18,20). The number of pyridine rings is 1. The van der Waals surface area contributed by atoms with E-state index >= 15 is 0 Å². The first-order valence-electron chi connectivity index (χ1n) is 6.88. The molecule has 4 rings (SSSR count). The Balaban J connectivity index is 2.06. The maximum Gasteiger partial charge on any atom is 0.199 e. The van der Waals surface area contributed by atoms with Crippen LogP contribution < -0.4 is 5.48 Å². The number of aromatic amines is 1. The van der Waals surface area contributed by atoms with E-state index in [1.54, 1.807) is 6.07 Å². The molecule has 0 saturated carbocycles. The number of nitrogens with zero attached hydrogens (tertiary/aromatic N) is 1. The van der Waals surface area contributed by atoms with E-state index in [1.807, 2.05) is 48.5 Å². The fourth-order valence-electron chi connectivity index (χ4n) is 2.78. The van der Waals surface area contributed by atoms with Crippen LogP contribution in [0.1, 0.15) is 0 Å². The average Bonchev–Trinajstić information content (AvgIpc) is 2.89. The summed E-state index contributed by atoms with van der Waals surface area (Å²) in [6.45, 7) is 0. The van der Waals surface area contributed by atoms with Crippen LogP contribution in [0.2, 0.25) is 0 Å². The molecule has 0 spiro atoms. The molecule has 2 heterocycles. The second-order valence-electron chi connectivity index (χ2n) is 5.08. The zero-order chi connectivity index (χ0) is 15.1. The Morgan fingerprint density at radius 1 is 0.955 bits per heavy atom. The van der Waals surface area contributed by atoms with E-state index in [2.05, 4.69) is 15.4 Å².